The maximum Gasteiger partial charge on any atom is 0.241 e. The molecule has 1 aromatic carbocycles. The molecule has 0 saturated carbocycles. The minimum absolute atomic E-state index is 0.0597. The molecule has 0 fully saturated rings. The predicted molar refractivity (Wildman–Crippen MR) is 78.4 cm³/mol. The fraction of sp³-hybridized carbons (Fsp3) is 0.188. The van der Waals surface area contributed by atoms with Crippen LogP contribution in [0.1, 0.15) is 19.4 Å². The van der Waals surface area contributed by atoms with Crippen molar-refractivity contribution in [3.63, 3.8) is 0 Å². The van der Waals surface area contributed by atoms with E-state index in [1.165, 1.54) is 0 Å². The smallest absolute Gasteiger partial charge is 0.241 e. The average Bonchev–Trinajstić information content (AvgIpc) is 3.02. The molecule has 0 N–H and O–H groups in total. The van der Waals surface area contributed by atoms with Crippen LogP contribution in [-0.4, -0.2) is 20.5 Å². The molecule has 3 heterocycles. The van der Waals surface area contributed by atoms with Crippen molar-refractivity contribution in [2.75, 3.05) is 4.90 Å². The van der Waals surface area contributed by atoms with Gasteiger partial charge in [0.1, 0.15) is 6.33 Å². The van der Waals surface area contributed by atoms with Crippen LogP contribution >= 0.6 is 0 Å². The highest BCUT2D eigenvalue weighted by Crippen LogP contribution is 2.44. The molecule has 0 unspecified atom stereocenters. The van der Waals surface area contributed by atoms with E-state index in [2.05, 4.69) is 16.3 Å². The molecule has 1 radical (unpaired) electrons. The van der Waals surface area contributed by atoms with Gasteiger partial charge >= 0.3 is 0 Å². The Balaban J connectivity index is 1.94. The van der Waals surface area contributed by atoms with Gasteiger partial charge in [-0.05, 0) is 49.7 Å². The van der Waals surface area contributed by atoms with Crippen LogP contribution < -0.4 is 4.90 Å². The second kappa shape index (κ2) is 3.91. The molecule has 2 aromatic heterocycles. The van der Waals surface area contributed by atoms with Crippen molar-refractivity contribution in [3.05, 3.63) is 54.5 Å². The van der Waals surface area contributed by atoms with Gasteiger partial charge in [-0.2, -0.15) is 0 Å². The molecule has 3 aromatic rings. The first-order chi connectivity index (χ1) is 10.1. The first kappa shape index (κ1) is 12.1. The molecule has 21 heavy (non-hydrogen) atoms. The Labute approximate surface area is 121 Å². The highest BCUT2D eigenvalue weighted by Gasteiger charge is 2.44. The molecular weight excluding hydrogens is 264 g/mol. The van der Waals surface area contributed by atoms with Gasteiger partial charge < -0.3 is 0 Å². The first-order valence-electron chi connectivity index (χ1n) is 6.73. The van der Waals surface area contributed by atoms with E-state index in [0.29, 0.717) is 0 Å². The number of pyridine rings is 1. The van der Waals surface area contributed by atoms with Gasteiger partial charge in [-0.3, -0.25) is 14.1 Å². The number of fused-ring (bicyclic) bond motifs is 2. The van der Waals surface area contributed by atoms with E-state index >= 15 is 0 Å². The summed E-state index contributed by atoms with van der Waals surface area (Å²) >= 11 is 0. The van der Waals surface area contributed by atoms with Gasteiger partial charge in [0, 0.05) is 6.20 Å². The summed E-state index contributed by atoms with van der Waals surface area (Å²) in [5.74, 6) is 0.0597. The normalized spacial score (nSPS) is 16.5. The Morgan fingerprint density at radius 2 is 2.10 bits per heavy atom. The maximum absolute atomic E-state index is 12.8. The van der Waals surface area contributed by atoms with Gasteiger partial charge in [-0.25, -0.2) is 0 Å². The van der Waals surface area contributed by atoms with Crippen molar-refractivity contribution in [1.29, 1.82) is 0 Å². The first-order valence-corrected chi connectivity index (χ1v) is 6.73. The van der Waals surface area contributed by atoms with Crippen LogP contribution in [0.2, 0.25) is 0 Å². The lowest BCUT2D eigenvalue weighted by Crippen LogP contribution is -2.33. The molecule has 103 valence electrons. The summed E-state index contributed by atoms with van der Waals surface area (Å²) in [6.07, 6.45) is 3.50. The zero-order valence-electron chi connectivity index (χ0n) is 11.7. The molecule has 0 saturated heterocycles. The minimum Gasteiger partial charge on any atom is -0.287 e. The molecule has 0 atom stereocenters. The zero-order valence-corrected chi connectivity index (χ0v) is 11.7. The monoisotopic (exact) mass is 277 g/mol. The summed E-state index contributed by atoms with van der Waals surface area (Å²) in [4.78, 5) is 14.6. The van der Waals surface area contributed by atoms with Gasteiger partial charge in [-0.15, -0.1) is 10.2 Å². The molecular formula is C16H13N4O. The van der Waals surface area contributed by atoms with Gasteiger partial charge in [0.05, 0.1) is 16.8 Å². The van der Waals surface area contributed by atoms with Gasteiger partial charge in [-0.1, -0.05) is 6.07 Å². The van der Waals surface area contributed by atoms with Crippen LogP contribution in [0, 0.1) is 6.07 Å². The summed E-state index contributed by atoms with van der Waals surface area (Å²) in [6.45, 7) is 3.89. The van der Waals surface area contributed by atoms with Crippen LogP contribution in [0.25, 0.3) is 5.65 Å². The van der Waals surface area contributed by atoms with Crippen LogP contribution in [0.3, 0.4) is 0 Å². The third-order valence-electron chi connectivity index (χ3n) is 4.03. The number of carbonyl (C=O) groups is 1. The van der Waals surface area contributed by atoms with E-state index in [9.17, 15) is 4.79 Å². The van der Waals surface area contributed by atoms with E-state index in [1.54, 1.807) is 11.2 Å². The number of aromatic nitrogens is 3. The van der Waals surface area contributed by atoms with Crippen LogP contribution in [-0.2, 0) is 10.2 Å². The Bertz CT molecular complexity index is 865. The highest BCUT2D eigenvalue weighted by molar-refractivity contribution is 6.12. The number of hydrogen-bond donors (Lipinski definition) is 0. The molecule has 1 aliphatic heterocycles. The number of nitrogens with zero attached hydrogens (tertiary/aromatic N) is 4. The molecule has 5 heteroatoms. The standard InChI is InChI=1S/C16H13N4O/c1-16(2)12-5-3-4-6-13(12)20(15(16)21)11-7-8-14-18-17-10-19(14)9-11/h4-10H,1-2H3. The number of anilines is 2. The third-order valence-corrected chi connectivity index (χ3v) is 4.03. The van der Waals surface area contributed by atoms with Crippen molar-refractivity contribution >= 4 is 22.9 Å². The topological polar surface area (TPSA) is 50.5 Å². The van der Waals surface area contributed by atoms with Crippen LogP contribution in [0.4, 0.5) is 11.4 Å². The van der Waals surface area contributed by atoms with Crippen molar-refractivity contribution in [3.8, 4) is 0 Å². The van der Waals surface area contributed by atoms with Crippen LogP contribution in [0.15, 0.2) is 42.9 Å². The number of hydrogen-bond acceptors (Lipinski definition) is 3. The fourth-order valence-electron chi connectivity index (χ4n) is 2.83. The summed E-state index contributed by atoms with van der Waals surface area (Å²) in [7, 11) is 0. The van der Waals surface area contributed by atoms with Gasteiger partial charge in [0.2, 0.25) is 5.91 Å². The van der Waals surface area contributed by atoms with Crippen molar-refractivity contribution < 1.29 is 4.79 Å². The Hall–Kier alpha value is -2.69. The van der Waals surface area contributed by atoms with Crippen molar-refractivity contribution in [1.82, 2.24) is 14.6 Å². The van der Waals surface area contributed by atoms with E-state index in [-0.39, 0.29) is 5.91 Å². The summed E-state index contributed by atoms with van der Waals surface area (Å²) < 4.78 is 1.81. The molecule has 0 bridgehead atoms. The zero-order chi connectivity index (χ0) is 14.6. The Morgan fingerprint density at radius 3 is 2.95 bits per heavy atom. The summed E-state index contributed by atoms with van der Waals surface area (Å²) in [5, 5.41) is 7.85. The summed E-state index contributed by atoms with van der Waals surface area (Å²) in [5.41, 5.74) is 2.93. The molecule has 5 nitrogen and oxygen atoms in total. The van der Waals surface area contributed by atoms with Crippen LogP contribution in [0.5, 0.6) is 0 Å². The SMILES string of the molecule is CC1(C)C(=O)N(c2ccc3nncn3c2)c2cc[c]cc21. The lowest BCUT2D eigenvalue weighted by atomic mass is 9.86. The lowest BCUT2D eigenvalue weighted by Gasteiger charge is -2.20. The lowest BCUT2D eigenvalue weighted by molar-refractivity contribution is -0.121. The largest absolute Gasteiger partial charge is 0.287 e. The van der Waals surface area contributed by atoms with E-state index in [1.807, 2.05) is 54.8 Å². The molecule has 4 rings (SSSR count). The van der Waals surface area contributed by atoms with Gasteiger partial charge in [0.25, 0.3) is 0 Å². The second-order valence-corrected chi connectivity index (χ2v) is 5.69. The highest BCUT2D eigenvalue weighted by atomic mass is 16.2. The summed E-state index contributed by atoms with van der Waals surface area (Å²) in [6, 6.07) is 12.5. The molecule has 1 amide bonds. The molecule has 0 aliphatic carbocycles. The fourth-order valence-corrected chi connectivity index (χ4v) is 2.83. The van der Waals surface area contributed by atoms with Gasteiger partial charge in [0.15, 0.2) is 5.65 Å². The van der Waals surface area contributed by atoms with E-state index in [4.69, 9.17) is 0 Å². The van der Waals surface area contributed by atoms with Crippen molar-refractivity contribution in [2.24, 2.45) is 0 Å². The molecule has 1 aliphatic rings. The average molecular weight is 277 g/mol. The second-order valence-electron chi connectivity index (χ2n) is 5.69. The molecule has 0 spiro atoms. The van der Waals surface area contributed by atoms with E-state index < -0.39 is 5.41 Å². The van der Waals surface area contributed by atoms with Crippen molar-refractivity contribution in [2.45, 2.75) is 19.3 Å². The quantitative estimate of drug-likeness (QED) is 0.686. The van der Waals surface area contributed by atoms with E-state index in [0.717, 1.165) is 22.6 Å². The minimum atomic E-state index is -0.546. The number of benzene rings is 1. The maximum atomic E-state index is 12.8. The predicted octanol–water partition coefficient (Wildman–Crippen LogP) is 2.49. The Kier molecular flexibility index (Phi) is 2.25. The number of rotatable bonds is 1. The number of carbonyl (C=O) groups excluding carboxylic acids is 1. The number of amides is 1. The Morgan fingerprint density at radius 1 is 1.24 bits per heavy atom. The third kappa shape index (κ3) is 1.54.